The Morgan fingerprint density at radius 3 is 2.68 bits per heavy atom. The Morgan fingerprint density at radius 2 is 2.04 bits per heavy atom. The lowest BCUT2D eigenvalue weighted by atomic mass is 9.99. The van der Waals surface area contributed by atoms with E-state index in [-0.39, 0.29) is 28.7 Å². The van der Waals surface area contributed by atoms with Crippen LogP contribution in [0, 0.1) is 0 Å². The molecule has 1 saturated heterocycles. The third kappa shape index (κ3) is 5.87. The number of ether oxygens (including phenoxy) is 1. The molecule has 2 aromatic rings. The van der Waals surface area contributed by atoms with Crippen molar-refractivity contribution in [1.29, 1.82) is 0 Å². The van der Waals surface area contributed by atoms with E-state index >= 15 is 0 Å². The fourth-order valence-corrected chi connectivity index (χ4v) is 4.13. The molecule has 1 N–H and O–H groups in total. The minimum atomic E-state index is 0. The molecule has 0 spiro atoms. The van der Waals surface area contributed by atoms with Gasteiger partial charge in [0.05, 0.1) is 11.9 Å². The molecule has 1 aliphatic heterocycles. The molecule has 0 atom stereocenters. The highest BCUT2D eigenvalue weighted by atomic mass is 127. The minimum Gasteiger partial charge on any atom is -0.381 e. The number of benzene rings is 1. The zero-order chi connectivity index (χ0) is 19.1. The van der Waals surface area contributed by atoms with Crippen molar-refractivity contribution in [2.45, 2.75) is 24.1 Å². The molecule has 28 heavy (non-hydrogen) atoms. The summed E-state index contributed by atoms with van der Waals surface area (Å²) in [6, 6.07) is 10.2. The van der Waals surface area contributed by atoms with Crippen molar-refractivity contribution in [1.82, 2.24) is 20.0 Å². The van der Waals surface area contributed by atoms with Gasteiger partial charge in [-0.05, 0) is 31.2 Å². The lowest BCUT2D eigenvalue weighted by Gasteiger charge is -2.36. The standard InChI is InChI=1S/C20H29N5OS.HI/c1-21-19(22-16-20(27-3)9-11-26-12-10-20)24(2)14-17-13-23-25(15-17)18-7-5-4-6-8-18;/h4-8,13,15H,9-12,14,16H2,1-3H3,(H,21,22);1H. The molecule has 0 bridgehead atoms. The van der Waals surface area contributed by atoms with Gasteiger partial charge in [0.25, 0.3) is 0 Å². The Balaban J connectivity index is 0.00000280. The number of hydrogen-bond acceptors (Lipinski definition) is 4. The lowest BCUT2D eigenvalue weighted by Crippen LogP contribution is -2.48. The van der Waals surface area contributed by atoms with Crippen molar-refractivity contribution >= 4 is 41.7 Å². The van der Waals surface area contributed by atoms with E-state index in [2.05, 4.69) is 51.9 Å². The van der Waals surface area contributed by atoms with Crippen LogP contribution in [0.5, 0.6) is 0 Å². The number of thioether (sulfide) groups is 1. The summed E-state index contributed by atoms with van der Waals surface area (Å²) in [6.45, 7) is 3.34. The summed E-state index contributed by atoms with van der Waals surface area (Å²) in [6.07, 6.45) is 8.33. The van der Waals surface area contributed by atoms with Gasteiger partial charge in [-0.25, -0.2) is 4.68 Å². The van der Waals surface area contributed by atoms with Gasteiger partial charge >= 0.3 is 0 Å². The fraction of sp³-hybridized carbons (Fsp3) is 0.500. The molecule has 1 aliphatic rings. The van der Waals surface area contributed by atoms with Gasteiger partial charge in [-0.15, -0.1) is 24.0 Å². The molecule has 2 heterocycles. The van der Waals surface area contributed by atoms with Crippen LogP contribution in [0.4, 0.5) is 0 Å². The van der Waals surface area contributed by atoms with E-state index in [1.165, 1.54) is 0 Å². The second-order valence-corrected chi connectivity index (χ2v) is 8.16. The highest BCUT2D eigenvalue weighted by Gasteiger charge is 2.32. The molecule has 3 rings (SSSR count). The van der Waals surface area contributed by atoms with Crippen LogP contribution in [0.2, 0.25) is 0 Å². The first-order valence-electron chi connectivity index (χ1n) is 9.29. The Bertz CT molecular complexity index is 746. The SMILES string of the molecule is CN=C(NCC1(SC)CCOCC1)N(C)Cc1cnn(-c2ccccc2)c1.I. The summed E-state index contributed by atoms with van der Waals surface area (Å²) in [7, 11) is 3.90. The van der Waals surface area contributed by atoms with Crippen LogP contribution in [0.1, 0.15) is 18.4 Å². The number of hydrogen-bond donors (Lipinski definition) is 1. The fourth-order valence-electron chi connectivity index (χ4n) is 3.33. The van der Waals surface area contributed by atoms with Gasteiger partial charge in [-0.2, -0.15) is 16.9 Å². The van der Waals surface area contributed by atoms with Crippen molar-refractivity contribution in [2.24, 2.45) is 4.99 Å². The number of halogens is 1. The maximum atomic E-state index is 5.53. The van der Waals surface area contributed by atoms with E-state index in [4.69, 9.17) is 4.74 Å². The predicted molar refractivity (Wildman–Crippen MR) is 128 cm³/mol. The molecule has 0 radical (unpaired) electrons. The maximum Gasteiger partial charge on any atom is 0.193 e. The summed E-state index contributed by atoms with van der Waals surface area (Å²) < 4.78 is 7.67. The molecule has 0 saturated carbocycles. The lowest BCUT2D eigenvalue weighted by molar-refractivity contribution is 0.0781. The quantitative estimate of drug-likeness (QED) is 0.363. The molecule has 1 aromatic heterocycles. The second-order valence-electron chi connectivity index (χ2n) is 6.89. The highest BCUT2D eigenvalue weighted by Crippen LogP contribution is 2.33. The molecule has 1 aromatic carbocycles. The number of guanidine groups is 1. The second kappa shape index (κ2) is 11.1. The molecule has 154 valence electrons. The van der Waals surface area contributed by atoms with Crippen LogP contribution in [0.3, 0.4) is 0 Å². The van der Waals surface area contributed by atoms with Crippen molar-refractivity contribution in [3.8, 4) is 5.69 Å². The van der Waals surface area contributed by atoms with Gasteiger partial charge in [0.15, 0.2) is 5.96 Å². The van der Waals surface area contributed by atoms with E-state index in [1.54, 1.807) is 0 Å². The van der Waals surface area contributed by atoms with Gasteiger partial charge in [0.1, 0.15) is 0 Å². The summed E-state index contributed by atoms with van der Waals surface area (Å²) in [5.74, 6) is 0.905. The van der Waals surface area contributed by atoms with Crippen LogP contribution in [-0.2, 0) is 11.3 Å². The molecule has 0 aliphatic carbocycles. The predicted octanol–water partition coefficient (Wildman–Crippen LogP) is 3.41. The third-order valence-electron chi connectivity index (χ3n) is 5.06. The number of aliphatic imine (C=N–C) groups is 1. The molecule has 1 fully saturated rings. The van der Waals surface area contributed by atoms with Gasteiger partial charge < -0.3 is 15.0 Å². The monoisotopic (exact) mass is 515 g/mol. The molecular weight excluding hydrogens is 485 g/mol. The van der Waals surface area contributed by atoms with Gasteiger partial charge in [0.2, 0.25) is 0 Å². The van der Waals surface area contributed by atoms with Crippen LogP contribution in [0.15, 0.2) is 47.7 Å². The number of para-hydroxylation sites is 1. The van der Waals surface area contributed by atoms with E-state index in [0.29, 0.717) is 0 Å². The Kier molecular flexibility index (Phi) is 9.10. The van der Waals surface area contributed by atoms with Crippen LogP contribution >= 0.6 is 35.7 Å². The van der Waals surface area contributed by atoms with E-state index < -0.39 is 0 Å². The van der Waals surface area contributed by atoms with E-state index in [1.807, 2.05) is 47.9 Å². The van der Waals surface area contributed by atoms with Gasteiger partial charge in [-0.3, -0.25) is 4.99 Å². The van der Waals surface area contributed by atoms with Crippen molar-refractivity contribution in [3.63, 3.8) is 0 Å². The average molecular weight is 515 g/mol. The Labute approximate surface area is 189 Å². The van der Waals surface area contributed by atoms with Crippen LogP contribution in [0.25, 0.3) is 5.69 Å². The van der Waals surface area contributed by atoms with Crippen molar-refractivity contribution in [2.75, 3.05) is 40.1 Å². The number of rotatable bonds is 6. The number of nitrogens with one attached hydrogen (secondary N) is 1. The zero-order valence-electron chi connectivity index (χ0n) is 16.8. The Morgan fingerprint density at radius 1 is 1.32 bits per heavy atom. The third-order valence-corrected chi connectivity index (χ3v) is 6.47. The summed E-state index contributed by atoms with van der Waals surface area (Å²) in [5.41, 5.74) is 2.21. The maximum absolute atomic E-state index is 5.53. The zero-order valence-corrected chi connectivity index (χ0v) is 19.9. The molecular formula is C20H30IN5OS. The summed E-state index contributed by atoms with van der Waals surface area (Å²) in [4.78, 5) is 6.60. The molecule has 0 unspecified atom stereocenters. The van der Waals surface area contributed by atoms with Crippen LogP contribution in [-0.4, -0.2) is 65.5 Å². The van der Waals surface area contributed by atoms with Gasteiger partial charge in [0, 0.05) is 56.9 Å². The summed E-state index contributed by atoms with van der Waals surface area (Å²) >= 11 is 1.93. The van der Waals surface area contributed by atoms with E-state index in [9.17, 15) is 0 Å². The van der Waals surface area contributed by atoms with Gasteiger partial charge in [-0.1, -0.05) is 18.2 Å². The number of nitrogens with zero attached hydrogens (tertiary/aromatic N) is 4. The molecule has 0 amide bonds. The van der Waals surface area contributed by atoms with E-state index in [0.717, 1.165) is 56.4 Å². The van der Waals surface area contributed by atoms with Crippen LogP contribution < -0.4 is 5.32 Å². The normalized spacial score (nSPS) is 16.3. The number of aromatic nitrogens is 2. The minimum absolute atomic E-state index is 0. The molecule has 8 heteroatoms. The topological polar surface area (TPSA) is 54.7 Å². The first-order chi connectivity index (χ1) is 13.2. The van der Waals surface area contributed by atoms with Crippen molar-refractivity contribution < 1.29 is 4.74 Å². The average Bonchev–Trinajstić information content (AvgIpc) is 3.18. The highest BCUT2D eigenvalue weighted by molar-refractivity contribution is 14.0. The Hall–Kier alpha value is -1.26. The smallest absolute Gasteiger partial charge is 0.193 e. The first-order valence-corrected chi connectivity index (χ1v) is 10.5. The largest absolute Gasteiger partial charge is 0.381 e. The first kappa shape index (κ1) is 23.0. The molecule has 6 nitrogen and oxygen atoms in total. The van der Waals surface area contributed by atoms with Crippen molar-refractivity contribution in [3.05, 3.63) is 48.3 Å². The summed E-state index contributed by atoms with van der Waals surface area (Å²) in [5, 5.41) is 8.04.